The number of nitrogens with zero attached hydrogens (tertiary/aromatic N) is 3. The number of carbonyl (C=O) groups is 2. The van der Waals surface area contributed by atoms with Gasteiger partial charge in [-0.25, -0.2) is 0 Å². The molecule has 0 saturated carbocycles. The van der Waals surface area contributed by atoms with Crippen molar-refractivity contribution < 1.29 is 14.3 Å². The molecule has 1 aromatic rings. The van der Waals surface area contributed by atoms with E-state index in [1.54, 1.807) is 11.8 Å². The molecular weight excluding hydrogens is 316 g/mol. The molecule has 1 saturated heterocycles. The maximum Gasteiger partial charge on any atom is 0.309 e. The quantitative estimate of drug-likeness (QED) is 0.834. The molecule has 2 rings (SSSR count). The van der Waals surface area contributed by atoms with Crippen LogP contribution in [0.5, 0.6) is 0 Å². The van der Waals surface area contributed by atoms with Gasteiger partial charge < -0.3 is 9.64 Å². The van der Waals surface area contributed by atoms with Gasteiger partial charge in [0.15, 0.2) is 4.73 Å². The van der Waals surface area contributed by atoms with Crippen LogP contribution in [0.15, 0.2) is 4.73 Å². The fraction of sp³-hybridized carbons (Fsp3) is 0.636. The summed E-state index contributed by atoms with van der Waals surface area (Å²) < 4.78 is 5.41. The Kier molecular flexibility index (Phi) is 4.52. The van der Waals surface area contributed by atoms with Gasteiger partial charge in [-0.1, -0.05) is 0 Å². The van der Waals surface area contributed by atoms with Gasteiger partial charge in [-0.05, 0) is 35.7 Å². The summed E-state index contributed by atoms with van der Waals surface area (Å²) in [5, 5.41) is 6.37. The smallest absolute Gasteiger partial charge is 0.309 e. The van der Waals surface area contributed by atoms with E-state index in [1.807, 2.05) is 0 Å². The Bertz CT molecular complexity index is 468. The Balaban J connectivity index is 1.89. The van der Waals surface area contributed by atoms with Gasteiger partial charge in [-0.15, -0.1) is 5.10 Å². The lowest BCUT2D eigenvalue weighted by Gasteiger charge is -2.29. The van der Waals surface area contributed by atoms with E-state index in [1.165, 1.54) is 0 Å². The van der Waals surface area contributed by atoms with Crippen LogP contribution in [0, 0.1) is 5.92 Å². The molecule has 104 valence electrons. The minimum Gasteiger partial charge on any atom is -0.466 e. The van der Waals surface area contributed by atoms with E-state index < -0.39 is 0 Å². The minimum atomic E-state index is -0.218. The summed E-state index contributed by atoms with van der Waals surface area (Å²) in [6.45, 7) is 3.23. The van der Waals surface area contributed by atoms with Gasteiger partial charge in [0.1, 0.15) is 0 Å². The molecule has 0 unspecified atom stereocenters. The van der Waals surface area contributed by atoms with Gasteiger partial charge in [0.2, 0.25) is 5.82 Å². The van der Waals surface area contributed by atoms with Crippen molar-refractivity contribution in [1.29, 1.82) is 0 Å². The molecule has 0 spiro atoms. The van der Waals surface area contributed by atoms with Crippen LogP contribution in [-0.2, 0) is 9.53 Å². The summed E-state index contributed by atoms with van der Waals surface area (Å²) in [4.78, 5) is 29.2. The van der Waals surface area contributed by atoms with Crippen LogP contribution in [0.4, 0.5) is 0 Å². The molecule has 1 aromatic heterocycles. The molecule has 7 nitrogen and oxygen atoms in total. The van der Waals surface area contributed by atoms with E-state index >= 15 is 0 Å². The van der Waals surface area contributed by atoms with Crippen LogP contribution in [0.2, 0.25) is 0 Å². The van der Waals surface area contributed by atoms with Crippen LogP contribution in [0.1, 0.15) is 30.4 Å². The van der Waals surface area contributed by atoms with Gasteiger partial charge >= 0.3 is 5.97 Å². The fourth-order valence-electron chi connectivity index (χ4n) is 2.06. The number of hydrogen-bond acceptors (Lipinski definition) is 5. The first-order valence-corrected chi connectivity index (χ1v) is 6.95. The summed E-state index contributed by atoms with van der Waals surface area (Å²) in [7, 11) is 0. The molecule has 1 aliphatic rings. The van der Waals surface area contributed by atoms with E-state index in [2.05, 4.69) is 31.1 Å². The van der Waals surface area contributed by atoms with Crippen molar-refractivity contribution in [2.45, 2.75) is 19.8 Å². The zero-order valence-corrected chi connectivity index (χ0v) is 12.1. The normalized spacial score (nSPS) is 16.4. The van der Waals surface area contributed by atoms with Crippen molar-refractivity contribution >= 4 is 27.8 Å². The van der Waals surface area contributed by atoms with Crippen LogP contribution >= 0.6 is 15.9 Å². The number of piperidine rings is 1. The predicted octanol–water partition coefficient (Wildman–Crippen LogP) is 0.982. The first-order chi connectivity index (χ1) is 9.11. The molecule has 0 radical (unpaired) electrons. The van der Waals surface area contributed by atoms with Crippen molar-refractivity contribution in [1.82, 2.24) is 20.1 Å². The first-order valence-electron chi connectivity index (χ1n) is 6.15. The first kappa shape index (κ1) is 14.0. The standard InChI is InChI=1S/C11H15BrN4O3/c1-2-19-10(18)7-3-5-16(6-4-7)9(17)8-13-11(12)15-14-8/h7H,2-6H2,1H3,(H,13,14,15). The second-order valence-electron chi connectivity index (χ2n) is 4.27. The molecule has 2 heterocycles. The van der Waals surface area contributed by atoms with Gasteiger partial charge in [-0.3, -0.25) is 14.7 Å². The summed E-state index contributed by atoms with van der Waals surface area (Å²) in [6.07, 6.45) is 1.24. The van der Waals surface area contributed by atoms with E-state index in [0.29, 0.717) is 37.3 Å². The number of ether oxygens (including phenoxy) is 1. The van der Waals surface area contributed by atoms with Gasteiger partial charge in [-0.2, -0.15) is 4.98 Å². The van der Waals surface area contributed by atoms with Crippen molar-refractivity contribution in [2.75, 3.05) is 19.7 Å². The molecule has 0 atom stereocenters. The summed E-state index contributed by atoms with van der Waals surface area (Å²) in [6, 6.07) is 0. The topological polar surface area (TPSA) is 88.2 Å². The Hall–Kier alpha value is -1.44. The number of esters is 1. The molecular formula is C11H15BrN4O3. The highest BCUT2D eigenvalue weighted by Crippen LogP contribution is 2.19. The highest BCUT2D eigenvalue weighted by atomic mass is 79.9. The number of carbonyl (C=O) groups excluding carboxylic acids is 2. The largest absolute Gasteiger partial charge is 0.466 e. The maximum atomic E-state index is 12.1. The average Bonchev–Trinajstić information content (AvgIpc) is 2.85. The third kappa shape index (κ3) is 3.31. The second kappa shape index (κ2) is 6.14. The van der Waals surface area contributed by atoms with Crippen molar-refractivity contribution in [3.63, 3.8) is 0 Å². The predicted molar refractivity (Wildman–Crippen MR) is 69.3 cm³/mol. The lowest BCUT2D eigenvalue weighted by molar-refractivity contribution is -0.149. The Morgan fingerprint density at radius 3 is 2.68 bits per heavy atom. The lowest BCUT2D eigenvalue weighted by Crippen LogP contribution is -2.41. The average molecular weight is 331 g/mol. The van der Waals surface area contributed by atoms with Gasteiger partial charge in [0, 0.05) is 13.1 Å². The third-order valence-corrected chi connectivity index (χ3v) is 3.41. The molecule has 1 amide bonds. The molecule has 0 aromatic carbocycles. The van der Waals surface area contributed by atoms with Gasteiger partial charge in [0.25, 0.3) is 5.91 Å². The number of nitrogens with one attached hydrogen (secondary N) is 1. The maximum absolute atomic E-state index is 12.1. The highest BCUT2D eigenvalue weighted by Gasteiger charge is 2.29. The summed E-state index contributed by atoms with van der Waals surface area (Å²) >= 11 is 3.11. The number of H-pyrrole nitrogens is 1. The highest BCUT2D eigenvalue weighted by molar-refractivity contribution is 9.10. The molecule has 0 aliphatic carbocycles. The number of rotatable bonds is 3. The third-order valence-electron chi connectivity index (χ3n) is 3.05. The number of halogens is 1. The van der Waals surface area contributed by atoms with Crippen LogP contribution < -0.4 is 0 Å². The zero-order chi connectivity index (χ0) is 13.8. The van der Waals surface area contributed by atoms with Crippen LogP contribution in [-0.4, -0.2) is 51.7 Å². The number of aromatic amines is 1. The van der Waals surface area contributed by atoms with E-state index in [0.717, 1.165) is 0 Å². The number of hydrogen-bond donors (Lipinski definition) is 1. The number of amides is 1. The molecule has 1 N–H and O–H groups in total. The Labute approximate surface area is 118 Å². The molecule has 1 aliphatic heterocycles. The SMILES string of the molecule is CCOC(=O)C1CCN(C(=O)c2n[nH]c(Br)n2)CC1. The van der Waals surface area contributed by atoms with Crippen molar-refractivity contribution in [3.05, 3.63) is 10.6 Å². The molecule has 0 bridgehead atoms. The van der Waals surface area contributed by atoms with Crippen LogP contribution in [0.25, 0.3) is 0 Å². The Morgan fingerprint density at radius 1 is 1.47 bits per heavy atom. The molecule has 19 heavy (non-hydrogen) atoms. The summed E-state index contributed by atoms with van der Waals surface area (Å²) in [5.41, 5.74) is 0. The van der Waals surface area contributed by atoms with Crippen molar-refractivity contribution in [3.8, 4) is 0 Å². The van der Waals surface area contributed by atoms with E-state index in [-0.39, 0.29) is 23.6 Å². The van der Waals surface area contributed by atoms with Crippen molar-refractivity contribution in [2.24, 2.45) is 5.92 Å². The number of likely N-dealkylation sites (tertiary alicyclic amines) is 1. The number of aromatic nitrogens is 3. The Morgan fingerprint density at radius 2 is 2.16 bits per heavy atom. The second-order valence-corrected chi connectivity index (χ2v) is 5.02. The fourth-order valence-corrected chi connectivity index (χ4v) is 2.31. The monoisotopic (exact) mass is 330 g/mol. The molecule has 1 fully saturated rings. The van der Waals surface area contributed by atoms with E-state index in [9.17, 15) is 9.59 Å². The molecule has 8 heteroatoms. The lowest BCUT2D eigenvalue weighted by atomic mass is 9.97. The minimum absolute atomic E-state index is 0.108. The van der Waals surface area contributed by atoms with Crippen LogP contribution in [0.3, 0.4) is 0 Å². The van der Waals surface area contributed by atoms with E-state index in [4.69, 9.17) is 4.74 Å². The van der Waals surface area contributed by atoms with Gasteiger partial charge in [0.05, 0.1) is 12.5 Å². The summed E-state index contributed by atoms with van der Waals surface area (Å²) in [5.74, 6) is -0.358. The zero-order valence-electron chi connectivity index (χ0n) is 10.6.